The van der Waals surface area contributed by atoms with Gasteiger partial charge in [-0.05, 0) is 47.3 Å². The van der Waals surface area contributed by atoms with E-state index in [-0.39, 0.29) is 11.3 Å². The molecule has 1 amide bonds. The van der Waals surface area contributed by atoms with Gasteiger partial charge < -0.3 is 10.2 Å². The molecule has 0 bridgehead atoms. The highest BCUT2D eigenvalue weighted by atomic mass is 35.5. The summed E-state index contributed by atoms with van der Waals surface area (Å²) in [6, 6.07) is 13.9. The standard InChI is InChI=1S/C22H13ClN2O4S2/c23-12-5-8-14-16(10-12)31-22(24-14)25-18(11-3-6-13(26)7-4-11)17(20(28)21(25)29)19(27)15-2-1-9-30-15/h1-10,18,26,28H. The molecule has 1 aliphatic heterocycles. The zero-order valence-corrected chi connectivity index (χ0v) is 18.0. The Kier molecular flexibility index (Phi) is 4.77. The van der Waals surface area contributed by atoms with Crippen LogP contribution in [0.3, 0.4) is 0 Å². The van der Waals surface area contributed by atoms with E-state index in [1.165, 1.54) is 39.7 Å². The van der Waals surface area contributed by atoms with Gasteiger partial charge in [-0.2, -0.15) is 0 Å². The second-order valence-electron chi connectivity index (χ2n) is 6.85. The Morgan fingerprint density at radius 2 is 1.87 bits per heavy atom. The second-order valence-corrected chi connectivity index (χ2v) is 9.24. The first-order chi connectivity index (χ1) is 14.9. The van der Waals surface area contributed by atoms with Gasteiger partial charge in [0.05, 0.1) is 26.7 Å². The molecule has 154 valence electrons. The molecule has 2 aromatic heterocycles. The van der Waals surface area contributed by atoms with Gasteiger partial charge in [0.2, 0.25) is 5.78 Å². The number of aromatic nitrogens is 1. The van der Waals surface area contributed by atoms with Crippen molar-refractivity contribution in [3.05, 3.63) is 86.8 Å². The molecular weight excluding hydrogens is 456 g/mol. The summed E-state index contributed by atoms with van der Waals surface area (Å²) in [5.74, 6) is -1.68. The first-order valence-corrected chi connectivity index (χ1v) is 11.2. The van der Waals surface area contributed by atoms with E-state index in [1.54, 1.807) is 47.8 Å². The van der Waals surface area contributed by atoms with Crippen LogP contribution >= 0.6 is 34.3 Å². The van der Waals surface area contributed by atoms with Crippen molar-refractivity contribution in [2.75, 3.05) is 4.90 Å². The Balaban J connectivity index is 1.68. The van der Waals surface area contributed by atoms with E-state index in [2.05, 4.69) is 4.98 Å². The quantitative estimate of drug-likeness (QED) is 0.386. The number of hydrogen-bond acceptors (Lipinski definition) is 7. The van der Waals surface area contributed by atoms with Gasteiger partial charge in [-0.15, -0.1) is 11.3 Å². The third-order valence-electron chi connectivity index (χ3n) is 4.95. The van der Waals surface area contributed by atoms with Crippen LogP contribution in [-0.4, -0.2) is 26.9 Å². The molecule has 2 aromatic carbocycles. The van der Waals surface area contributed by atoms with Crippen molar-refractivity contribution in [3.8, 4) is 5.75 Å². The van der Waals surface area contributed by atoms with Crippen LogP contribution in [0.25, 0.3) is 10.2 Å². The number of carbonyl (C=O) groups is 2. The smallest absolute Gasteiger partial charge is 0.296 e. The largest absolute Gasteiger partial charge is 0.508 e. The van der Waals surface area contributed by atoms with E-state index in [0.29, 0.717) is 26.1 Å². The minimum atomic E-state index is -0.890. The maximum atomic E-state index is 13.2. The molecule has 0 saturated heterocycles. The van der Waals surface area contributed by atoms with E-state index >= 15 is 0 Å². The molecule has 1 unspecified atom stereocenters. The summed E-state index contributed by atoms with van der Waals surface area (Å²) >= 11 is 8.56. The summed E-state index contributed by atoms with van der Waals surface area (Å²) in [5.41, 5.74) is 1.20. The van der Waals surface area contributed by atoms with Crippen molar-refractivity contribution in [2.45, 2.75) is 6.04 Å². The molecule has 3 heterocycles. The first-order valence-electron chi connectivity index (χ1n) is 9.14. The number of ketones is 1. The molecule has 31 heavy (non-hydrogen) atoms. The monoisotopic (exact) mass is 468 g/mol. The van der Waals surface area contributed by atoms with Crippen LogP contribution in [0.4, 0.5) is 5.13 Å². The average Bonchev–Trinajstić information content (AvgIpc) is 3.47. The number of rotatable bonds is 4. The summed E-state index contributed by atoms with van der Waals surface area (Å²) in [4.78, 5) is 32.7. The summed E-state index contributed by atoms with van der Waals surface area (Å²) in [6.07, 6.45) is 0. The maximum Gasteiger partial charge on any atom is 0.296 e. The van der Waals surface area contributed by atoms with Crippen molar-refractivity contribution >= 4 is 61.3 Å². The number of benzene rings is 2. The minimum absolute atomic E-state index is 0.0181. The molecule has 4 aromatic rings. The van der Waals surface area contributed by atoms with Crippen LogP contribution in [0, 0.1) is 0 Å². The van der Waals surface area contributed by atoms with E-state index in [0.717, 1.165) is 4.70 Å². The van der Waals surface area contributed by atoms with E-state index in [1.807, 2.05) is 0 Å². The minimum Gasteiger partial charge on any atom is -0.508 e. The number of amides is 1. The summed E-state index contributed by atoms with van der Waals surface area (Å²) in [7, 11) is 0. The van der Waals surface area contributed by atoms with Crippen molar-refractivity contribution in [1.29, 1.82) is 0 Å². The summed E-state index contributed by atoms with van der Waals surface area (Å²) in [6.45, 7) is 0. The van der Waals surface area contributed by atoms with Gasteiger partial charge in [-0.1, -0.05) is 41.1 Å². The van der Waals surface area contributed by atoms with Crippen LogP contribution in [-0.2, 0) is 4.79 Å². The van der Waals surface area contributed by atoms with E-state index in [9.17, 15) is 19.8 Å². The third kappa shape index (κ3) is 3.29. The Morgan fingerprint density at radius 1 is 1.10 bits per heavy atom. The predicted octanol–water partition coefficient (Wildman–Crippen LogP) is 5.50. The molecule has 5 rings (SSSR count). The number of nitrogens with zero attached hydrogens (tertiary/aromatic N) is 2. The van der Waals surface area contributed by atoms with Gasteiger partial charge in [0.15, 0.2) is 10.9 Å². The fourth-order valence-corrected chi connectivity index (χ4v) is 5.48. The number of aromatic hydroxyl groups is 1. The molecule has 6 nitrogen and oxygen atoms in total. The molecule has 0 aliphatic carbocycles. The highest BCUT2D eigenvalue weighted by Gasteiger charge is 2.46. The molecule has 9 heteroatoms. The molecule has 0 saturated carbocycles. The van der Waals surface area contributed by atoms with Crippen LogP contribution in [0.2, 0.25) is 5.02 Å². The van der Waals surface area contributed by atoms with Crippen LogP contribution in [0.5, 0.6) is 5.75 Å². The van der Waals surface area contributed by atoms with Gasteiger partial charge in [0.1, 0.15) is 5.75 Å². The lowest BCUT2D eigenvalue weighted by atomic mass is 9.95. The Labute approximate surface area is 189 Å². The lowest BCUT2D eigenvalue weighted by Crippen LogP contribution is -2.30. The van der Waals surface area contributed by atoms with Crippen molar-refractivity contribution in [2.24, 2.45) is 0 Å². The third-order valence-corrected chi connectivity index (χ3v) is 7.07. The van der Waals surface area contributed by atoms with Gasteiger partial charge >= 0.3 is 0 Å². The van der Waals surface area contributed by atoms with Crippen molar-refractivity contribution < 1.29 is 19.8 Å². The fourth-order valence-electron chi connectivity index (χ4n) is 3.54. The first kappa shape index (κ1) is 19.7. The molecule has 2 N–H and O–H groups in total. The van der Waals surface area contributed by atoms with Crippen LogP contribution in [0.1, 0.15) is 21.3 Å². The number of phenolic OH excluding ortho intramolecular Hbond substituents is 1. The summed E-state index contributed by atoms with van der Waals surface area (Å²) in [5, 5.41) is 23.1. The van der Waals surface area contributed by atoms with Gasteiger partial charge in [-0.3, -0.25) is 14.5 Å². The number of aliphatic hydroxyl groups excluding tert-OH is 1. The topological polar surface area (TPSA) is 90.7 Å². The number of fused-ring (bicyclic) bond motifs is 1. The Morgan fingerprint density at radius 3 is 2.58 bits per heavy atom. The molecule has 1 aliphatic rings. The van der Waals surface area contributed by atoms with Crippen molar-refractivity contribution in [1.82, 2.24) is 4.98 Å². The molecule has 1 atom stereocenters. The van der Waals surface area contributed by atoms with Crippen LogP contribution < -0.4 is 4.90 Å². The van der Waals surface area contributed by atoms with E-state index in [4.69, 9.17) is 11.6 Å². The Hall–Kier alpha value is -3.20. The molecule has 0 fully saturated rings. The molecular formula is C22H13ClN2O4S2. The number of anilines is 1. The lowest BCUT2D eigenvalue weighted by molar-refractivity contribution is -0.117. The van der Waals surface area contributed by atoms with Crippen molar-refractivity contribution in [3.63, 3.8) is 0 Å². The number of hydrogen-bond donors (Lipinski definition) is 2. The number of phenols is 1. The van der Waals surface area contributed by atoms with Gasteiger partial charge in [-0.25, -0.2) is 4.98 Å². The van der Waals surface area contributed by atoms with Gasteiger partial charge in [0, 0.05) is 5.02 Å². The highest BCUT2D eigenvalue weighted by molar-refractivity contribution is 7.22. The number of thiazole rings is 1. The predicted molar refractivity (Wildman–Crippen MR) is 121 cm³/mol. The highest BCUT2D eigenvalue weighted by Crippen LogP contribution is 2.44. The average molecular weight is 469 g/mol. The normalized spacial score (nSPS) is 16.5. The summed E-state index contributed by atoms with van der Waals surface area (Å²) < 4.78 is 0.775. The number of carbonyl (C=O) groups excluding carboxylic acids is 2. The number of aliphatic hydroxyl groups is 1. The second kappa shape index (κ2) is 7.49. The molecule has 0 spiro atoms. The number of Topliss-reactive ketones (excluding diaryl/α,β-unsaturated/α-hetero) is 1. The SMILES string of the molecule is O=C(C1=C(O)C(=O)N(c2nc3ccc(Cl)cc3s2)C1c1ccc(O)cc1)c1cccs1. The zero-order chi connectivity index (χ0) is 21.7. The van der Waals surface area contributed by atoms with Gasteiger partial charge in [0.25, 0.3) is 5.91 Å². The fraction of sp³-hybridized carbons (Fsp3) is 0.0455. The maximum absolute atomic E-state index is 13.2. The Bertz CT molecular complexity index is 1360. The molecule has 0 radical (unpaired) electrons. The number of thiophene rings is 1. The zero-order valence-electron chi connectivity index (χ0n) is 15.7. The number of halogens is 1. The lowest BCUT2D eigenvalue weighted by Gasteiger charge is -2.24. The van der Waals surface area contributed by atoms with Crippen LogP contribution in [0.15, 0.2) is 71.3 Å². The van der Waals surface area contributed by atoms with E-state index < -0.39 is 23.5 Å².